The van der Waals surface area contributed by atoms with Crippen LogP contribution < -0.4 is 5.73 Å². The summed E-state index contributed by atoms with van der Waals surface area (Å²) in [6, 6.07) is 6.06. The molecule has 0 amide bonds. The molecule has 1 heterocycles. The Balaban J connectivity index is 2.26. The summed E-state index contributed by atoms with van der Waals surface area (Å²) in [6.45, 7) is 1.34. The maximum atomic E-state index is 10.9. The molecule has 108 valence electrons. The van der Waals surface area contributed by atoms with E-state index in [1.54, 1.807) is 12.1 Å². The minimum absolute atomic E-state index is 0.0285. The zero-order chi connectivity index (χ0) is 14.7. The molecular formula is C13H17N3O3S. The SMILES string of the molecule is NC(=S)C(c1cccc([N+](=O)[O-])c1)N1CCC(O)CC1. The predicted molar refractivity (Wildman–Crippen MR) is 79.4 cm³/mol. The molecule has 1 atom stereocenters. The maximum absolute atomic E-state index is 10.9. The number of nitro groups is 1. The lowest BCUT2D eigenvalue weighted by molar-refractivity contribution is -0.384. The fraction of sp³-hybridized carbons (Fsp3) is 0.462. The zero-order valence-corrected chi connectivity index (χ0v) is 11.8. The second kappa shape index (κ2) is 6.25. The number of thiocarbonyl (C=S) groups is 1. The van der Waals surface area contributed by atoms with E-state index in [9.17, 15) is 15.2 Å². The van der Waals surface area contributed by atoms with Crippen LogP contribution in [0.2, 0.25) is 0 Å². The van der Waals surface area contributed by atoms with E-state index in [0.717, 1.165) is 5.56 Å². The van der Waals surface area contributed by atoms with Crippen LogP contribution in [0.5, 0.6) is 0 Å². The number of hydrogen-bond donors (Lipinski definition) is 2. The van der Waals surface area contributed by atoms with Gasteiger partial charge in [-0.1, -0.05) is 24.4 Å². The van der Waals surface area contributed by atoms with Crippen LogP contribution in [-0.2, 0) is 0 Å². The average Bonchev–Trinajstić information content (AvgIpc) is 2.41. The van der Waals surface area contributed by atoms with Gasteiger partial charge in [-0.3, -0.25) is 15.0 Å². The Bertz CT molecular complexity index is 515. The van der Waals surface area contributed by atoms with Crippen molar-refractivity contribution in [3.8, 4) is 0 Å². The van der Waals surface area contributed by atoms with Crippen LogP contribution in [0.15, 0.2) is 24.3 Å². The molecule has 0 spiro atoms. The zero-order valence-electron chi connectivity index (χ0n) is 10.9. The summed E-state index contributed by atoms with van der Waals surface area (Å²) in [7, 11) is 0. The summed E-state index contributed by atoms with van der Waals surface area (Å²) in [5.74, 6) is 0. The van der Waals surface area contributed by atoms with Gasteiger partial charge in [0.05, 0.1) is 22.1 Å². The summed E-state index contributed by atoms with van der Waals surface area (Å²) in [5, 5.41) is 20.4. The molecule has 0 saturated carbocycles. The third-order valence-electron chi connectivity index (χ3n) is 3.53. The van der Waals surface area contributed by atoms with Crippen molar-refractivity contribution in [2.24, 2.45) is 5.73 Å². The Kier molecular flexibility index (Phi) is 4.64. The lowest BCUT2D eigenvalue weighted by atomic mass is 10.00. The lowest BCUT2D eigenvalue weighted by Gasteiger charge is -2.35. The van der Waals surface area contributed by atoms with Gasteiger partial charge in [-0.25, -0.2) is 0 Å². The van der Waals surface area contributed by atoms with Gasteiger partial charge in [-0.15, -0.1) is 0 Å². The molecule has 20 heavy (non-hydrogen) atoms. The number of nitro benzene ring substituents is 1. The van der Waals surface area contributed by atoms with Crippen molar-refractivity contribution in [1.29, 1.82) is 0 Å². The van der Waals surface area contributed by atoms with E-state index in [0.29, 0.717) is 30.9 Å². The molecule has 0 radical (unpaired) electrons. The van der Waals surface area contributed by atoms with Crippen LogP contribution in [0.3, 0.4) is 0 Å². The highest BCUT2D eigenvalue weighted by Crippen LogP contribution is 2.27. The predicted octanol–water partition coefficient (Wildman–Crippen LogP) is 1.38. The maximum Gasteiger partial charge on any atom is 0.269 e. The van der Waals surface area contributed by atoms with Crippen LogP contribution in [0, 0.1) is 10.1 Å². The average molecular weight is 295 g/mol. The molecular weight excluding hydrogens is 278 g/mol. The molecule has 1 saturated heterocycles. The van der Waals surface area contributed by atoms with E-state index in [1.807, 2.05) is 0 Å². The van der Waals surface area contributed by atoms with E-state index in [4.69, 9.17) is 18.0 Å². The van der Waals surface area contributed by atoms with Gasteiger partial charge in [0.2, 0.25) is 0 Å². The first-order chi connectivity index (χ1) is 9.49. The highest BCUT2D eigenvalue weighted by atomic mass is 32.1. The Hall–Kier alpha value is -1.57. The second-order valence-electron chi connectivity index (χ2n) is 4.92. The summed E-state index contributed by atoms with van der Waals surface area (Å²) in [4.78, 5) is 12.8. The molecule has 0 bridgehead atoms. The number of aliphatic hydroxyl groups is 1. The van der Waals surface area contributed by atoms with Gasteiger partial charge in [0.1, 0.15) is 0 Å². The van der Waals surface area contributed by atoms with Crippen molar-refractivity contribution >= 4 is 22.9 Å². The van der Waals surface area contributed by atoms with Gasteiger partial charge in [0.25, 0.3) is 5.69 Å². The van der Waals surface area contributed by atoms with Crippen molar-refractivity contribution in [1.82, 2.24) is 4.90 Å². The summed E-state index contributed by atoms with van der Waals surface area (Å²) >= 11 is 5.12. The summed E-state index contributed by atoms with van der Waals surface area (Å²) in [5.41, 5.74) is 6.57. The minimum Gasteiger partial charge on any atom is -0.393 e. The van der Waals surface area contributed by atoms with Gasteiger partial charge < -0.3 is 10.8 Å². The molecule has 1 aromatic rings. The van der Waals surface area contributed by atoms with Gasteiger partial charge >= 0.3 is 0 Å². The Morgan fingerprint density at radius 1 is 1.50 bits per heavy atom. The highest BCUT2D eigenvalue weighted by molar-refractivity contribution is 7.80. The number of hydrogen-bond acceptors (Lipinski definition) is 5. The molecule has 2 rings (SSSR count). The Labute approximate surface area is 122 Å². The molecule has 3 N–H and O–H groups in total. The largest absolute Gasteiger partial charge is 0.393 e. The van der Waals surface area contributed by atoms with Gasteiger partial charge in [-0.05, 0) is 18.4 Å². The van der Waals surface area contributed by atoms with E-state index in [1.165, 1.54) is 12.1 Å². The number of nitrogens with zero attached hydrogens (tertiary/aromatic N) is 2. The standard InChI is InChI=1S/C13H17N3O3S/c14-13(20)12(15-6-4-11(17)5-7-15)9-2-1-3-10(8-9)16(18)19/h1-3,8,11-12,17H,4-7H2,(H2,14,20). The number of aliphatic hydroxyl groups excluding tert-OH is 1. The van der Waals surface area contributed by atoms with E-state index in [2.05, 4.69) is 4.90 Å². The summed E-state index contributed by atoms with van der Waals surface area (Å²) < 4.78 is 0. The molecule has 1 aromatic carbocycles. The van der Waals surface area contributed by atoms with Crippen molar-refractivity contribution in [3.05, 3.63) is 39.9 Å². The third kappa shape index (κ3) is 3.30. The highest BCUT2D eigenvalue weighted by Gasteiger charge is 2.28. The van der Waals surface area contributed by atoms with Crippen LogP contribution in [0.4, 0.5) is 5.69 Å². The molecule has 1 fully saturated rings. The molecule has 6 nitrogen and oxygen atoms in total. The Morgan fingerprint density at radius 2 is 2.15 bits per heavy atom. The molecule has 1 aliphatic heterocycles. The van der Waals surface area contributed by atoms with Crippen molar-refractivity contribution in [2.75, 3.05) is 13.1 Å². The third-order valence-corrected chi connectivity index (χ3v) is 3.75. The molecule has 7 heteroatoms. The first-order valence-corrected chi connectivity index (χ1v) is 6.85. The molecule has 0 aliphatic carbocycles. The van der Waals surface area contributed by atoms with Gasteiger partial charge in [-0.2, -0.15) is 0 Å². The van der Waals surface area contributed by atoms with Crippen LogP contribution in [-0.4, -0.2) is 39.1 Å². The van der Waals surface area contributed by atoms with Crippen LogP contribution in [0.25, 0.3) is 0 Å². The first kappa shape index (κ1) is 14.8. The number of nitrogens with two attached hydrogens (primary N) is 1. The fourth-order valence-corrected chi connectivity index (χ4v) is 2.79. The number of rotatable bonds is 4. The van der Waals surface area contributed by atoms with Crippen LogP contribution in [0.1, 0.15) is 24.4 Å². The van der Waals surface area contributed by atoms with Gasteiger partial charge in [0.15, 0.2) is 0 Å². The second-order valence-corrected chi connectivity index (χ2v) is 5.40. The minimum atomic E-state index is -0.430. The van der Waals surface area contributed by atoms with Crippen molar-refractivity contribution in [2.45, 2.75) is 25.0 Å². The topological polar surface area (TPSA) is 92.6 Å². The molecule has 0 aromatic heterocycles. The quantitative estimate of drug-likeness (QED) is 0.495. The van der Waals surface area contributed by atoms with Crippen LogP contribution >= 0.6 is 12.2 Å². The fourth-order valence-electron chi connectivity index (χ4n) is 2.51. The normalized spacial score (nSPS) is 18.6. The lowest BCUT2D eigenvalue weighted by Crippen LogP contribution is -2.43. The Morgan fingerprint density at radius 3 is 2.70 bits per heavy atom. The van der Waals surface area contributed by atoms with E-state index >= 15 is 0 Å². The van der Waals surface area contributed by atoms with E-state index in [-0.39, 0.29) is 17.8 Å². The van der Waals surface area contributed by atoms with E-state index < -0.39 is 4.92 Å². The van der Waals surface area contributed by atoms with Crippen molar-refractivity contribution in [3.63, 3.8) is 0 Å². The first-order valence-electron chi connectivity index (χ1n) is 6.45. The number of benzene rings is 1. The summed E-state index contributed by atoms with van der Waals surface area (Å²) in [6.07, 6.45) is 1.03. The van der Waals surface area contributed by atoms with Crippen molar-refractivity contribution < 1.29 is 10.0 Å². The number of piperidine rings is 1. The van der Waals surface area contributed by atoms with Gasteiger partial charge in [0, 0.05) is 25.2 Å². The smallest absolute Gasteiger partial charge is 0.269 e. The molecule has 1 unspecified atom stereocenters. The number of likely N-dealkylation sites (tertiary alicyclic amines) is 1. The number of non-ortho nitro benzene ring substituents is 1. The molecule has 1 aliphatic rings. The monoisotopic (exact) mass is 295 g/mol.